The van der Waals surface area contributed by atoms with Crippen LogP contribution >= 0.6 is 11.6 Å². The van der Waals surface area contributed by atoms with Gasteiger partial charge < -0.3 is 15.7 Å². The third-order valence-corrected chi connectivity index (χ3v) is 2.72. The SMILES string of the molecule is O=C(NCCCl)Nc1cccc2c(O)cccc12. The van der Waals surface area contributed by atoms with Crippen molar-refractivity contribution in [3.05, 3.63) is 36.4 Å². The van der Waals surface area contributed by atoms with Gasteiger partial charge in [-0.25, -0.2) is 4.79 Å². The van der Waals surface area contributed by atoms with E-state index in [1.807, 2.05) is 6.07 Å². The van der Waals surface area contributed by atoms with Gasteiger partial charge in [0.15, 0.2) is 0 Å². The second-order valence-electron chi connectivity index (χ2n) is 3.75. The molecule has 5 heteroatoms. The summed E-state index contributed by atoms with van der Waals surface area (Å²) in [5.74, 6) is 0.557. The van der Waals surface area contributed by atoms with Crippen molar-refractivity contribution in [2.45, 2.75) is 0 Å². The van der Waals surface area contributed by atoms with E-state index in [4.69, 9.17) is 11.6 Å². The number of amides is 2. The lowest BCUT2D eigenvalue weighted by Gasteiger charge is -2.10. The number of phenolic OH excluding ortho intramolecular Hbond substituents is 1. The third-order valence-electron chi connectivity index (χ3n) is 2.53. The van der Waals surface area contributed by atoms with Crippen molar-refractivity contribution < 1.29 is 9.90 Å². The second-order valence-corrected chi connectivity index (χ2v) is 4.13. The Morgan fingerprint density at radius 2 is 1.89 bits per heavy atom. The molecule has 0 radical (unpaired) electrons. The minimum Gasteiger partial charge on any atom is -0.507 e. The number of halogens is 1. The molecule has 0 heterocycles. The molecule has 0 aliphatic carbocycles. The predicted molar refractivity (Wildman–Crippen MR) is 73.4 cm³/mol. The zero-order valence-electron chi connectivity index (χ0n) is 9.61. The van der Waals surface area contributed by atoms with E-state index in [1.165, 1.54) is 0 Å². The normalized spacial score (nSPS) is 10.3. The number of hydrogen-bond donors (Lipinski definition) is 3. The van der Waals surface area contributed by atoms with Crippen molar-refractivity contribution in [1.82, 2.24) is 5.32 Å². The quantitative estimate of drug-likeness (QED) is 0.747. The van der Waals surface area contributed by atoms with Crippen LogP contribution in [0.2, 0.25) is 0 Å². The Balaban J connectivity index is 2.28. The van der Waals surface area contributed by atoms with Gasteiger partial charge in [0.25, 0.3) is 0 Å². The van der Waals surface area contributed by atoms with E-state index in [9.17, 15) is 9.90 Å². The Morgan fingerprint density at radius 3 is 2.67 bits per heavy atom. The van der Waals surface area contributed by atoms with Crippen molar-refractivity contribution in [3.8, 4) is 5.75 Å². The zero-order valence-corrected chi connectivity index (χ0v) is 10.4. The summed E-state index contributed by atoms with van der Waals surface area (Å²) in [4.78, 5) is 11.6. The Kier molecular flexibility index (Phi) is 3.89. The molecule has 0 aromatic heterocycles. The molecule has 0 saturated heterocycles. The van der Waals surface area contributed by atoms with Crippen molar-refractivity contribution in [3.63, 3.8) is 0 Å². The molecule has 0 aliphatic rings. The molecular weight excluding hydrogens is 252 g/mol. The average Bonchev–Trinajstić information content (AvgIpc) is 2.38. The second kappa shape index (κ2) is 5.60. The average molecular weight is 265 g/mol. The van der Waals surface area contributed by atoms with E-state index in [1.54, 1.807) is 30.3 Å². The number of alkyl halides is 1. The van der Waals surface area contributed by atoms with Crippen LogP contribution in [0.15, 0.2) is 36.4 Å². The maximum absolute atomic E-state index is 11.6. The fraction of sp³-hybridized carbons (Fsp3) is 0.154. The number of aromatic hydroxyl groups is 1. The molecule has 0 spiro atoms. The minimum absolute atomic E-state index is 0.192. The number of urea groups is 1. The summed E-state index contributed by atoms with van der Waals surface area (Å²) < 4.78 is 0. The van der Waals surface area contributed by atoms with E-state index < -0.39 is 0 Å². The lowest BCUT2D eigenvalue weighted by Crippen LogP contribution is -2.30. The van der Waals surface area contributed by atoms with E-state index in [0.717, 1.165) is 5.39 Å². The lowest BCUT2D eigenvalue weighted by molar-refractivity contribution is 0.252. The van der Waals surface area contributed by atoms with Gasteiger partial charge in [0, 0.05) is 23.2 Å². The molecule has 0 fully saturated rings. The molecule has 2 aromatic carbocycles. The predicted octanol–water partition coefficient (Wildman–Crippen LogP) is 2.91. The zero-order chi connectivity index (χ0) is 13.0. The van der Waals surface area contributed by atoms with Crippen LogP contribution in [0.5, 0.6) is 5.75 Å². The molecule has 0 unspecified atom stereocenters. The van der Waals surface area contributed by atoms with Gasteiger partial charge in [-0.05, 0) is 12.1 Å². The molecule has 0 aliphatic heterocycles. The van der Waals surface area contributed by atoms with Crippen molar-refractivity contribution in [1.29, 1.82) is 0 Å². The highest BCUT2D eigenvalue weighted by molar-refractivity contribution is 6.18. The Labute approximate surface area is 110 Å². The molecule has 2 rings (SSSR count). The molecule has 0 bridgehead atoms. The first-order chi connectivity index (χ1) is 8.72. The number of nitrogens with one attached hydrogen (secondary N) is 2. The first-order valence-electron chi connectivity index (χ1n) is 5.54. The number of fused-ring (bicyclic) bond motifs is 1. The monoisotopic (exact) mass is 264 g/mol. The van der Waals surface area contributed by atoms with Crippen LogP contribution in [0.1, 0.15) is 0 Å². The van der Waals surface area contributed by atoms with Gasteiger partial charge in [0.2, 0.25) is 0 Å². The third kappa shape index (κ3) is 2.65. The number of hydrogen-bond acceptors (Lipinski definition) is 2. The summed E-state index contributed by atoms with van der Waals surface area (Å²) in [5, 5.41) is 16.6. The Hall–Kier alpha value is -1.94. The summed E-state index contributed by atoms with van der Waals surface area (Å²) in [7, 11) is 0. The molecule has 2 aromatic rings. The summed E-state index contributed by atoms with van der Waals surface area (Å²) in [6.45, 7) is 0.406. The number of anilines is 1. The minimum atomic E-state index is -0.313. The van der Waals surface area contributed by atoms with E-state index in [2.05, 4.69) is 10.6 Å². The van der Waals surface area contributed by atoms with Crippen molar-refractivity contribution in [2.24, 2.45) is 0 Å². The van der Waals surface area contributed by atoms with Crippen molar-refractivity contribution in [2.75, 3.05) is 17.7 Å². The van der Waals surface area contributed by atoms with Gasteiger partial charge in [-0.1, -0.05) is 24.3 Å². The molecule has 4 nitrogen and oxygen atoms in total. The summed E-state index contributed by atoms with van der Waals surface area (Å²) >= 11 is 5.49. The van der Waals surface area contributed by atoms with Crippen LogP contribution in [-0.4, -0.2) is 23.6 Å². The number of rotatable bonds is 3. The van der Waals surface area contributed by atoms with Crippen LogP contribution in [0.25, 0.3) is 10.8 Å². The summed E-state index contributed by atoms with van der Waals surface area (Å²) in [6.07, 6.45) is 0. The number of phenols is 1. The highest BCUT2D eigenvalue weighted by atomic mass is 35.5. The molecular formula is C13H13ClN2O2. The topological polar surface area (TPSA) is 61.4 Å². The maximum atomic E-state index is 11.6. The molecule has 18 heavy (non-hydrogen) atoms. The van der Waals surface area contributed by atoms with E-state index >= 15 is 0 Å². The highest BCUT2D eigenvalue weighted by Crippen LogP contribution is 2.29. The van der Waals surface area contributed by atoms with E-state index in [0.29, 0.717) is 23.5 Å². The van der Waals surface area contributed by atoms with Crippen LogP contribution in [-0.2, 0) is 0 Å². The number of benzene rings is 2. The van der Waals surface area contributed by atoms with Gasteiger partial charge in [0.05, 0.1) is 5.69 Å². The highest BCUT2D eigenvalue weighted by Gasteiger charge is 2.06. The number of carbonyl (C=O) groups excluding carboxylic acids is 1. The van der Waals surface area contributed by atoms with Crippen molar-refractivity contribution >= 4 is 34.1 Å². The Bertz CT molecular complexity index is 572. The van der Waals surface area contributed by atoms with E-state index in [-0.39, 0.29) is 11.8 Å². The first kappa shape index (κ1) is 12.5. The van der Waals surface area contributed by atoms with Gasteiger partial charge in [-0.2, -0.15) is 0 Å². The molecule has 94 valence electrons. The largest absolute Gasteiger partial charge is 0.507 e. The molecule has 3 N–H and O–H groups in total. The van der Waals surface area contributed by atoms with Gasteiger partial charge in [-0.3, -0.25) is 0 Å². The van der Waals surface area contributed by atoms with Crippen LogP contribution in [0.4, 0.5) is 10.5 Å². The van der Waals surface area contributed by atoms with Crippen LogP contribution in [0, 0.1) is 0 Å². The van der Waals surface area contributed by atoms with Crippen LogP contribution < -0.4 is 10.6 Å². The maximum Gasteiger partial charge on any atom is 0.319 e. The molecule has 0 saturated carbocycles. The van der Waals surface area contributed by atoms with Crippen LogP contribution in [0.3, 0.4) is 0 Å². The summed E-state index contributed by atoms with van der Waals surface area (Å²) in [6, 6.07) is 10.2. The smallest absolute Gasteiger partial charge is 0.319 e. The summed E-state index contributed by atoms with van der Waals surface area (Å²) in [5.41, 5.74) is 0.649. The lowest BCUT2D eigenvalue weighted by atomic mass is 10.1. The van der Waals surface area contributed by atoms with Gasteiger partial charge >= 0.3 is 6.03 Å². The molecule has 2 amide bonds. The Morgan fingerprint density at radius 1 is 1.17 bits per heavy atom. The standard InChI is InChI=1S/C13H13ClN2O2/c14-7-8-15-13(18)16-11-5-1-4-10-9(11)3-2-6-12(10)17/h1-6,17H,7-8H2,(H2,15,16,18). The fourth-order valence-electron chi connectivity index (χ4n) is 1.73. The van der Waals surface area contributed by atoms with Gasteiger partial charge in [-0.15, -0.1) is 11.6 Å². The fourth-order valence-corrected chi connectivity index (χ4v) is 1.82. The first-order valence-corrected chi connectivity index (χ1v) is 6.07. The van der Waals surface area contributed by atoms with Gasteiger partial charge in [0.1, 0.15) is 5.75 Å². The number of carbonyl (C=O) groups is 1. The molecule has 0 atom stereocenters.